The number of phenols is 1. The van der Waals surface area contributed by atoms with Gasteiger partial charge in [-0.05, 0) is 41.5 Å². The number of carbonyl (C=O) groups excluding carboxylic acids is 1. The highest BCUT2D eigenvalue weighted by Gasteiger charge is 2.40. The zero-order valence-electron chi connectivity index (χ0n) is 17.8. The molecule has 3 unspecified atom stereocenters. The Balaban J connectivity index is 1.88. The number of carbonyl (C=O) groups is 2. The van der Waals surface area contributed by atoms with Crippen LogP contribution in [0.3, 0.4) is 0 Å². The molecule has 2 rings (SSSR count). The molecule has 0 aromatic heterocycles. The lowest BCUT2D eigenvalue weighted by Crippen LogP contribution is -2.22. The Morgan fingerprint density at radius 2 is 2.10 bits per heavy atom. The predicted molar refractivity (Wildman–Crippen MR) is 126 cm³/mol. The molecule has 1 aromatic rings. The van der Waals surface area contributed by atoms with Gasteiger partial charge in [0.1, 0.15) is 11.5 Å². The highest BCUT2D eigenvalue weighted by molar-refractivity contribution is 8.01. The Morgan fingerprint density at radius 3 is 2.81 bits per heavy atom. The number of hydrogen-bond donors (Lipinski definition) is 4. The van der Waals surface area contributed by atoms with Crippen molar-refractivity contribution in [3.05, 3.63) is 41.5 Å². The van der Waals surface area contributed by atoms with E-state index in [1.54, 1.807) is 24.3 Å². The van der Waals surface area contributed by atoms with Crippen molar-refractivity contribution in [1.82, 2.24) is 0 Å². The minimum atomic E-state index is -0.829. The summed E-state index contributed by atoms with van der Waals surface area (Å²) < 4.78 is 0. The van der Waals surface area contributed by atoms with Crippen LogP contribution in [0.4, 0.5) is 0 Å². The fourth-order valence-corrected chi connectivity index (χ4v) is 5.83. The molecule has 4 N–H and O–H groups in total. The summed E-state index contributed by atoms with van der Waals surface area (Å²) in [7, 11) is 0. The zero-order valence-corrected chi connectivity index (χ0v) is 19.4. The first-order valence-electron chi connectivity index (χ1n) is 10.6. The number of Topliss-reactive ketones (excluding diaryl/α,β-unsaturated/α-hetero) is 1. The van der Waals surface area contributed by atoms with Crippen molar-refractivity contribution in [2.24, 2.45) is 5.92 Å². The second-order valence-corrected chi connectivity index (χ2v) is 10.1. The molecule has 1 aliphatic rings. The monoisotopic (exact) mass is 468 g/mol. The van der Waals surface area contributed by atoms with E-state index in [1.807, 2.05) is 13.0 Å². The standard InChI is InChI=1S/C23H32O6S2/c1-2-4-16-11-15(5-8-19(16)25)12-17(24)6-7-18-20(26)13-21(27)23(18)31-10-3-9-30-14-22(28)29/h5-8,11,17-18,20,23-26H,2-4,9-10,12-14H2,1H3,(H,28,29)/t17?,18-,20?,23?/m0/s1. The molecule has 0 heterocycles. The third-order valence-corrected chi connectivity index (χ3v) is 7.63. The first kappa shape index (κ1) is 25.8. The summed E-state index contributed by atoms with van der Waals surface area (Å²) in [6.45, 7) is 2.04. The molecule has 1 aromatic carbocycles. The number of benzene rings is 1. The summed E-state index contributed by atoms with van der Waals surface area (Å²) in [5.74, 6) is 0.631. The summed E-state index contributed by atoms with van der Waals surface area (Å²) in [6.07, 6.45) is 4.90. The normalized spacial score (nSPS) is 22.3. The second kappa shape index (κ2) is 13.2. The highest BCUT2D eigenvalue weighted by Crippen LogP contribution is 2.34. The molecule has 1 saturated carbocycles. The van der Waals surface area contributed by atoms with Gasteiger partial charge in [0, 0.05) is 18.8 Å². The molecule has 0 aliphatic heterocycles. The maximum absolute atomic E-state index is 12.3. The average molecular weight is 469 g/mol. The van der Waals surface area contributed by atoms with E-state index < -0.39 is 18.2 Å². The van der Waals surface area contributed by atoms with Crippen LogP contribution in [-0.4, -0.2) is 66.9 Å². The lowest BCUT2D eigenvalue weighted by Gasteiger charge is -2.18. The first-order chi connectivity index (χ1) is 14.8. The van der Waals surface area contributed by atoms with E-state index in [0.29, 0.717) is 12.2 Å². The van der Waals surface area contributed by atoms with Crippen molar-refractivity contribution in [3.8, 4) is 5.75 Å². The fraction of sp³-hybridized carbons (Fsp3) is 0.565. The van der Waals surface area contributed by atoms with Crippen LogP contribution in [0.15, 0.2) is 30.4 Å². The van der Waals surface area contributed by atoms with Crippen molar-refractivity contribution in [1.29, 1.82) is 0 Å². The molecular formula is C23H32O6S2. The van der Waals surface area contributed by atoms with Crippen molar-refractivity contribution >= 4 is 35.3 Å². The van der Waals surface area contributed by atoms with Crippen LogP contribution < -0.4 is 0 Å². The van der Waals surface area contributed by atoms with E-state index >= 15 is 0 Å². The van der Waals surface area contributed by atoms with Crippen LogP contribution in [0.5, 0.6) is 5.75 Å². The van der Waals surface area contributed by atoms with Gasteiger partial charge in [0.15, 0.2) is 0 Å². The number of aliphatic carboxylic acids is 1. The summed E-state index contributed by atoms with van der Waals surface area (Å²) in [5.41, 5.74) is 1.79. The van der Waals surface area contributed by atoms with Gasteiger partial charge >= 0.3 is 5.97 Å². The van der Waals surface area contributed by atoms with E-state index in [-0.39, 0.29) is 34.9 Å². The largest absolute Gasteiger partial charge is 0.508 e. The van der Waals surface area contributed by atoms with Crippen molar-refractivity contribution in [2.75, 3.05) is 17.3 Å². The number of rotatable bonds is 13. The van der Waals surface area contributed by atoms with Gasteiger partial charge in [-0.3, -0.25) is 9.59 Å². The lowest BCUT2D eigenvalue weighted by atomic mass is 9.99. The van der Waals surface area contributed by atoms with Crippen LogP contribution in [0.2, 0.25) is 0 Å². The Morgan fingerprint density at radius 1 is 1.32 bits per heavy atom. The Hall–Kier alpha value is -1.48. The molecule has 0 saturated heterocycles. The fourth-order valence-electron chi connectivity index (χ4n) is 3.64. The number of aliphatic hydroxyl groups is 2. The van der Waals surface area contributed by atoms with Crippen molar-refractivity contribution < 1.29 is 30.0 Å². The number of aliphatic hydroxyl groups excluding tert-OH is 2. The van der Waals surface area contributed by atoms with Crippen LogP contribution in [0.1, 0.15) is 37.3 Å². The van der Waals surface area contributed by atoms with Crippen molar-refractivity contribution in [2.45, 2.75) is 56.5 Å². The summed E-state index contributed by atoms with van der Waals surface area (Å²) >= 11 is 2.85. The molecular weight excluding hydrogens is 436 g/mol. The molecule has 172 valence electrons. The Bertz CT molecular complexity index is 766. The Labute approximate surface area is 192 Å². The van der Waals surface area contributed by atoms with E-state index in [4.69, 9.17) is 5.11 Å². The maximum Gasteiger partial charge on any atom is 0.313 e. The molecule has 0 bridgehead atoms. The maximum atomic E-state index is 12.3. The Kier molecular flexibility index (Phi) is 10.9. The minimum absolute atomic E-state index is 0.0163. The molecule has 0 amide bonds. The first-order valence-corrected chi connectivity index (χ1v) is 12.8. The molecule has 8 heteroatoms. The van der Waals surface area contributed by atoms with E-state index in [1.165, 1.54) is 23.5 Å². The number of hydrogen-bond acceptors (Lipinski definition) is 7. The van der Waals surface area contributed by atoms with Crippen LogP contribution in [-0.2, 0) is 22.4 Å². The van der Waals surface area contributed by atoms with Crippen LogP contribution in [0, 0.1) is 5.92 Å². The predicted octanol–water partition coefficient (Wildman–Crippen LogP) is 3.06. The lowest BCUT2D eigenvalue weighted by molar-refractivity contribution is -0.133. The van der Waals surface area contributed by atoms with Gasteiger partial charge in [0.05, 0.1) is 23.2 Å². The SMILES string of the molecule is CCCc1cc(CC(O)C=C[C@H]2C(O)CC(=O)C2SCCCSCC(=O)O)ccc1O. The van der Waals surface area contributed by atoms with Gasteiger partial charge in [-0.1, -0.05) is 37.6 Å². The third kappa shape index (κ3) is 8.52. The van der Waals surface area contributed by atoms with Gasteiger partial charge in [-0.25, -0.2) is 0 Å². The smallest absolute Gasteiger partial charge is 0.313 e. The molecule has 4 atom stereocenters. The van der Waals surface area contributed by atoms with Gasteiger partial charge in [-0.2, -0.15) is 11.8 Å². The van der Waals surface area contributed by atoms with E-state index in [2.05, 4.69) is 0 Å². The molecule has 1 aliphatic carbocycles. The summed E-state index contributed by atoms with van der Waals surface area (Å²) in [6, 6.07) is 5.35. The molecule has 1 fully saturated rings. The number of carboxylic acid groups (broad SMARTS) is 1. The highest BCUT2D eigenvalue weighted by atomic mass is 32.2. The molecule has 6 nitrogen and oxygen atoms in total. The van der Waals surface area contributed by atoms with Gasteiger partial charge in [0.2, 0.25) is 0 Å². The number of thioether (sulfide) groups is 2. The van der Waals surface area contributed by atoms with Gasteiger partial charge in [0.25, 0.3) is 0 Å². The number of carboxylic acids is 1. The second-order valence-electron chi connectivity index (χ2n) is 7.78. The molecule has 0 spiro atoms. The summed E-state index contributed by atoms with van der Waals surface area (Å²) in [5, 5.41) is 38.9. The third-order valence-electron chi connectivity index (χ3n) is 5.14. The number of phenolic OH excluding ortho intramolecular Hbond substituents is 1. The van der Waals surface area contributed by atoms with Gasteiger partial charge < -0.3 is 20.4 Å². The number of ketones is 1. The zero-order chi connectivity index (χ0) is 22.8. The van der Waals surface area contributed by atoms with E-state index in [0.717, 1.165) is 36.1 Å². The number of aromatic hydroxyl groups is 1. The van der Waals surface area contributed by atoms with Crippen molar-refractivity contribution in [3.63, 3.8) is 0 Å². The van der Waals surface area contributed by atoms with Gasteiger partial charge in [-0.15, -0.1) is 11.8 Å². The van der Waals surface area contributed by atoms with Crippen LogP contribution in [0.25, 0.3) is 0 Å². The molecule has 0 radical (unpaired) electrons. The van der Waals surface area contributed by atoms with Crippen LogP contribution >= 0.6 is 23.5 Å². The number of aryl methyl sites for hydroxylation is 1. The minimum Gasteiger partial charge on any atom is -0.508 e. The topological polar surface area (TPSA) is 115 Å². The average Bonchev–Trinajstić information content (AvgIpc) is 2.98. The quantitative estimate of drug-likeness (QED) is 0.258. The molecule has 31 heavy (non-hydrogen) atoms. The van der Waals surface area contributed by atoms with E-state index in [9.17, 15) is 24.9 Å². The summed E-state index contributed by atoms with van der Waals surface area (Å²) in [4.78, 5) is 22.8.